The summed E-state index contributed by atoms with van der Waals surface area (Å²) >= 11 is 3.20. The highest BCUT2D eigenvalue weighted by molar-refractivity contribution is 7.17. The molecule has 0 aliphatic rings. The maximum atomic E-state index is 13.1. The van der Waals surface area contributed by atoms with E-state index in [1.807, 2.05) is 120 Å². The van der Waals surface area contributed by atoms with Crippen molar-refractivity contribution in [2.75, 3.05) is 14.1 Å². The molecule has 6 rings (SSSR count). The lowest BCUT2D eigenvalue weighted by Gasteiger charge is -2.26. The molecule has 0 amide bonds. The molecule has 0 fully saturated rings. The first-order valence-electron chi connectivity index (χ1n) is 15.6. The van der Waals surface area contributed by atoms with E-state index in [2.05, 4.69) is 10.6 Å². The number of rotatable bonds is 14. The van der Waals surface area contributed by atoms with Crippen molar-refractivity contribution in [3.05, 3.63) is 131 Å². The molecule has 246 valence electrons. The second kappa shape index (κ2) is 15.9. The molecule has 0 saturated heterocycles. The van der Waals surface area contributed by atoms with Gasteiger partial charge in [0, 0.05) is 12.8 Å². The van der Waals surface area contributed by atoms with Gasteiger partial charge in [0.05, 0.1) is 9.40 Å². The molecule has 4 aromatic carbocycles. The topological polar surface area (TPSA) is 95.1 Å². The summed E-state index contributed by atoms with van der Waals surface area (Å²) < 4.78 is 26.4. The van der Waals surface area contributed by atoms with Gasteiger partial charge in [-0.1, -0.05) is 84.9 Å². The molecule has 8 nitrogen and oxygen atoms in total. The molecule has 6 aromatic rings. The van der Waals surface area contributed by atoms with Gasteiger partial charge in [0.2, 0.25) is 0 Å². The zero-order valence-electron chi connectivity index (χ0n) is 26.5. The lowest BCUT2D eigenvalue weighted by molar-refractivity contribution is -0.177. The van der Waals surface area contributed by atoms with E-state index >= 15 is 0 Å². The predicted octanol–water partition coefficient (Wildman–Crippen LogP) is 8.01. The van der Waals surface area contributed by atoms with E-state index < -0.39 is 36.6 Å². The van der Waals surface area contributed by atoms with Crippen molar-refractivity contribution in [2.45, 2.75) is 37.5 Å². The molecular weight excluding hydrogens is 645 g/mol. The van der Waals surface area contributed by atoms with Crippen molar-refractivity contribution in [3.8, 4) is 11.5 Å². The van der Waals surface area contributed by atoms with E-state index in [4.69, 9.17) is 18.9 Å². The van der Waals surface area contributed by atoms with E-state index in [1.54, 1.807) is 36.8 Å². The standard InChI is InChI=1S/C38H36N2O6S2/c1-39-33(23-31(25-11-5-3-6-12-25)43-29-17-9-15-27-19-21-47-35(27)29)45-37(41)38(42)46-34(40-2)24-32(26-13-7-4-8-14-26)44-30-18-10-16-28-20-22-48-36(28)30/h3-22,31-34,39-40H,23-24H2,1-2H3. The Bertz CT molecular complexity index is 1800. The summed E-state index contributed by atoms with van der Waals surface area (Å²) in [6.07, 6.45) is -2.12. The van der Waals surface area contributed by atoms with Crippen molar-refractivity contribution in [3.63, 3.8) is 0 Å². The summed E-state index contributed by atoms with van der Waals surface area (Å²) in [5.74, 6) is -0.747. The Labute approximate surface area is 287 Å². The van der Waals surface area contributed by atoms with Gasteiger partial charge in [-0.05, 0) is 71.0 Å². The third kappa shape index (κ3) is 8.03. The Morgan fingerprint density at radius 3 is 1.38 bits per heavy atom. The van der Waals surface area contributed by atoms with Crippen LogP contribution in [-0.2, 0) is 19.1 Å². The lowest BCUT2D eigenvalue weighted by Crippen LogP contribution is -2.40. The Morgan fingerprint density at radius 2 is 0.979 bits per heavy atom. The average molecular weight is 681 g/mol. The van der Waals surface area contributed by atoms with Gasteiger partial charge >= 0.3 is 11.9 Å². The number of thiophene rings is 2. The molecule has 0 aliphatic heterocycles. The Morgan fingerprint density at radius 1 is 0.562 bits per heavy atom. The van der Waals surface area contributed by atoms with Crippen LogP contribution in [0.4, 0.5) is 0 Å². The largest absolute Gasteiger partial charge is 0.484 e. The zero-order valence-corrected chi connectivity index (χ0v) is 28.2. The zero-order chi connectivity index (χ0) is 33.3. The highest BCUT2D eigenvalue weighted by Crippen LogP contribution is 2.36. The van der Waals surface area contributed by atoms with Gasteiger partial charge in [-0.2, -0.15) is 0 Å². The number of ether oxygens (including phenoxy) is 4. The van der Waals surface area contributed by atoms with E-state index in [9.17, 15) is 9.59 Å². The SMILES string of the molecule is CNC(CC(Oc1cccc2ccsc12)c1ccccc1)OC(=O)C(=O)OC(CC(Oc1cccc2ccsc12)c1ccccc1)NC. The normalized spacial score (nSPS) is 13.8. The average Bonchev–Trinajstić information content (AvgIpc) is 3.82. The molecule has 2 N–H and O–H groups in total. The minimum absolute atomic E-state index is 0.245. The quantitative estimate of drug-likeness (QED) is 0.0679. The van der Waals surface area contributed by atoms with E-state index in [-0.39, 0.29) is 12.8 Å². The van der Waals surface area contributed by atoms with Crippen LogP contribution in [0.15, 0.2) is 120 Å². The first-order valence-corrected chi connectivity index (χ1v) is 17.4. The summed E-state index contributed by atoms with van der Waals surface area (Å²) in [5, 5.41) is 12.2. The first kappa shape index (κ1) is 33.2. The van der Waals surface area contributed by atoms with Crippen molar-refractivity contribution < 1.29 is 28.5 Å². The fraction of sp³-hybridized carbons (Fsp3) is 0.211. The van der Waals surface area contributed by atoms with Gasteiger partial charge in [-0.25, -0.2) is 9.59 Å². The number of esters is 2. The summed E-state index contributed by atoms with van der Waals surface area (Å²) in [6, 6.07) is 35.4. The summed E-state index contributed by atoms with van der Waals surface area (Å²) in [5.41, 5.74) is 1.82. The van der Waals surface area contributed by atoms with E-state index in [1.165, 1.54) is 0 Å². The molecule has 2 aromatic heterocycles. The number of nitrogens with one attached hydrogen (secondary N) is 2. The Balaban J connectivity index is 1.13. The minimum atomic E-state index is -1.11. The molecule has 48 heavy (non-hydrogen) atoms. The van der Waals surface area contributed by atoms with Crippen LogP contribution in [0.2, 0.25) is 0 Å². The minimum Gasteiger partial charge on any atom is -0.484 e. The lowest BCUT2D eigenvalue weighted by atomic mass is 10.1. The number of fused-ring (bicyclic) bond motifs is 2. The summed E-state index contributed by atoms with van der Waals surface area (Å²) in [4.78, 5) is 26.2. The molecule has 0 saturated carbocycles. The summed E-state index contributed by atoms with van der Waals surface area (Å²) in [6.45, 7) is 0. The van der Waals surface area contributed by atoms with Crippen molar-refractivity contribution in [1.29, 1.82) is 0 Å². The number of benzene rings is 4. The summed E-state index contributed by atoms with van der Waals surface area (Å²) in [7, 11) is 3.33. The molecule has 10 heteroatoms. The van der Waals surface area contributed by atoms with Gasteiger partial charge in [0.1, 0.15) is 23.7 Å². The monoisotopic (exact) mass is 680 g/mol. The third-order valence-electron chi connectivity index (χ3n) is 7.93. The van der Waals surface area contributed by atoms with Crippen LogP contribution in [0.25, 0.3) is 20.2 Å². The van der Waals surface area contributed by atoms with Gasteiger partial charge in [0.15, 0.2) is 12.5 Å². The number of hydrogen-bond acceptors (Lipinski definition) is 10. The molecule has 0 bridgehead atoms. The van der Waals surface area contributed by atoms with Crippen LogP contribution in [0.3, 0.4) is 0 Å². The highest BCUT2D eigenvalue weighted by Gasteiger charge is 2.30. The molecular formula is C38H36N2O6S2. The van der Waals surface area contributed by atoms with Crippen LogP contribution >= 0.6 is 22.7 Å². The third-order valence-corrected chi connectivity index (χ3v) is 9.82. The van der Waals surface area contributed by atoms with E-state index in [0.29, 0.717) is 0 Å². The van der Waals surface area contributed by atoms with E-state index in [0.717, 1.165) is 42.8 Å². The maximum Gasteiger partial charge on any atom is 0.419 e. The van der Waals surface area contributed by atoms with Crippen molar-refractivity contribution in [1.82, 2.24) is 10.6 Å². The van der Waals surface area contributed by atoms with Crippen LogP contribution in [0.5, 0.6) is 11.5 Å². The predicted molar refractivity (Wildman–Crippen MR) is 190 cm³/mol. The first-order chi connectivity index (χ1) is 23.5. The highest BCUT2D eigenvalue weighted by atomic mass is 32.1. The van der Waals surface area contributed by atoms with Gasteiger partial charge < -0.3 is 18.9 Å². The Hall–Kier alpha value is -4.74. The second-order valence-electron chi connectivity index (χ2n) is 11.1. The molecule has 0 radical (unpaired) electrons. The van der Waals surface area contributed by atoms with Crippen LogP contribution in [0.1, 0.15) is 36.2 Å². The van der Waals surface area contributed by atoms with Crippen LogP contribution in [0, 0.1) is 0 Å². The smallest absolute Gasteiger partial charge is 0.419 e. The molecule has 4 unspecified atom stereocenters. The van der Waals surface area contributed by atoms with Gasteiger partial charge in [-0.3, -0.25) is 10.6 Å². The second-order valence-corrected chi connectivity index (χ2v) is 12.9. The fourth-order valence-corrected chi connectivity index (χ4v) is 7.17. The maximum absolute atomic E-state index is 13.1. The molecule has 0 spiro atoms. The fourth-order valence-electron chi connectivity index (χ4n) is 5.46. The Kier molecular flexibility index (Phi) is 11.0. The molecule has 2 heterocycles. The number of carbonyl (C=O) groups is 2. The van der Waals surface area contributed by atoms with Gasteiger partial charge in [-0.15, -0.1) is 22.7 Å². The number of hydrogen-bond donors (Lipinski definition) is 2. The van der Waals surface area contributed by atoms with Gasteiger partial charge in [0.25, 0.3) is 0 Å². The van der Waals surface area contributed by atoms with Crippen molar-refractivity contribution in [2.24, 2.45) is 0 Å². The van der Waals surface area contributed by atoms with Crippen molar-refractivity contribution >= 4 is 54.8 Å². The number of carbonyl (C=O) groups excluding carboxylic acids is 2. The molecule has 0 aliphatic carbocycles. The molecule has 4 atom stereocenters. The van der Waals surface area contributed by atoms with Crippen LogP contribution < -0.4 is 20.1 Å². The van der Waals surface area contributed by atoms with Crippen LogP contribution in [-0.4, -0.2) is 38.5 Å².